The van der Waals surface area contributed by atoms with Crippen molar-refractivity contribution in [3.05, 3.63) is 0 Å². The van der Waals surface area contributed by atoms with E-state index in [0.717, 1.165) is 0 Å². The second-order valence-corrected chi connectivity index (χ2v) is 6.11. The molecule has 0 saturated carbocycles. The molecule has 0 aromatic heterocycles. The van der Waals surface area contributed by atoms with Crippen molar-refractivity contribution in [3.8, 4) is 0 Å². The van der Waals surface area contributed by atoms with Gasteiger partial charge >= 0.3 is 15.9 Å². The molecule has 0 amide bonds. The molecule has 43 valence electrons. The monoisotopic (exact) mass is 169 g/mol. The molecule has 0 heterocycles. The van der Waals surface area contributed by atoms with Gasteiger partial charge in [0.2, 0.25) is 0 Å². The van der Waals surface area contributed by atoms with Crippen LogP contribution in [0.3, 0.4) is 0 Å². The van der Waals surface area contributed by atoms with E-state index in [4.69, 9.17) is 0 Å². The average Bonchev–Trinajstić information content (AvgIpc) is 1.31. The van der Waals surface area contributed by atoms with Crippen LogP contribution in [0.2, 0.25) is 0 Å². The largest absolute Gasteiger partial charge is 0.580 e. The van der Waals surface area contributed by atoms with Gasteiger partial charge in [-0.15, -0.1) is 0 Å². The third-order valence-corrected chi connectivity index (χ3v) is 2.62. The van der Waals surface area contributed by atoms with E-state index in [1.807, 2.05) is 0 Å². The molecule has 0 rings (SSSR count). The Bertz CT molecular complexity index is 170. The Balaban J connectivity index is 0. The molecule has 0 aliphatic carbocycles. The Morgan fingerprint density at radius 1 is 1.50 bits per heavy atom. The van der Waals surface area contributed by atoms with E-state index in [1.54, 1.807) is 0 Å². The molecule has 8 heavy (non-hydrogen) atoms. The minimum absolute atomic E-state index is 0. The molecule has 0 aromatic rings. The van der Waals surface area contributed by atoms with E-state index in [1.165, 1.54) is 0 Å². The predicted molar refractivity (Wildman–Crippen MR) is 28.1 cm³/mol. The average molecular weight is 169 g/mol. The standard InChI is InChI=1S/ClO4PS.Li/c1-7(4,5)6(2)3;. The van der Waals surface area contributed by atoms with Crippen LogP contribution in [0.25, 0.3) is 0 Å². The van der Waals surface area contributed by atoms with Crippen molar-refractivity contribution < 1.29 is 17.9 Å². The van der Waals surface area contributed by atoms with Crippen molar-refractivity contribution in [2.24, 2.45) is 0 Å². The molecule has 4 nitrogen and oxygen atoms in total. The molecule has 1 unspecified atom stereocenters. The van der Waals surface area contributed by atoms with Crippen LogP contribution in [0, 0.1) is 0 Å². The van der Waals surface area contributed by atoms with E-state index in [9.17, 15) is 17.9 Å². The van der Waals surface area contributed by atoms with Crippen LogP contribution in [-0.2, 0) is 13.2 Å². The maximum atomic E-state index is 9.50. The van der Waals surface area contributed by atoms with E-state index >= 15 is 0 Å². The Morgan fingerprint density at radius 3 is 1.62 bits per heavy atom. The molecule has 8 heteroatoms. The summed E-state index contributed by atoms with van der Waals surface area (Å²) in [6.07, 6.45) is 0. The van der Waals surface area contributed by atoms with Crippen molar-refractivity contribution in [2.75, 3.05) is 0 Å². The van der Waals surface area contributed by atoms with Crippen LogP contribution < -0.4 is 4.89 Å². The first kappa shape index (κ1) is 11.7. The molecule has 1 atom stereocenters. The second-order valence-electron chi connectivity index (χ2n) is 0.636. The molecule has 1 radical (unpaired) electrons. The fraction of sp³-hybridized carbons (Fsp3) is 0. The number of hydrogen-bond acceptors (Lipinski definition) is 4. The van der Waals surface area contributed by atoms with Gasteiger partial charge in [0.15, 0.2) is 0 Å². The summed E-state index contributed by atoms with van der Waals surface area (Å²) < 4.78 is 28.3. The van der Waals surface area contributed by atoms with Crippen molar-refractivity contribution in [1.29, 1.82) is 0 Å². The molecule has 0 spiro atoms. The van der Waals surface area contributed by atoms with Gasteiger partial charge in [-0.3, -0.25) is 0 Å². The molecule has 0 saturated heterocycles. The molecular weight excluding hydrogens is 169 g/mol. The van der Waals surface area contributed by atoms with Gasteiger partial charge in [0, 0.05) is 18.9 Å². The van der Waals surface area contributed by atoms with Crippen molar-refractivity contribution in [1.82, 2.24) is 0 Å². The molecule has 0 fully saturated rings. The first-order chi connectivity index (χ1) is 2.94. The summed E-state index contributed by atoms with van der Waals surface area (Å²) in [4.78, 5) is 9.34. The first-order valence-corrected chi connectivity index (χ1v) is 5.13. The quantitative estimate of drug-likeness (QED) is 0.292. The summed E-state index contributed by atoms with van der Waals surface area (Å²) in [6.45, 7) is 0. The first-order valence-electron chi connectivity index (χ1n) is 1.04. The molecule has 0 bridgehead atoms. The number of rotatable bonds is 1. The fourth-order valence-electron chi connectivity index (χ4n) is 0. The van der Waals surface area contributed by atoms with Gasteiger partial charge in [0.25, 0.3) is 0 Å². The van der Waals surface area contributed by atoms with Gasteiger partial charge in [-0.05, 0) is 0 Å². The summed E-state index contributed by atoms with van der Waals surface area (Å²) >= 11 is 0. The number of hydrogen-bond donors (Lipinski definition) is 0. The summed E-state index contributed by atoms with van der Waals surface area (Å²) in [6, 6.07) is 0. The normalized spacial score (nSPS) is 12.0. The third-order valence-electron chi connectivity index (χ3n) is 0.178. The zero-order valence-electron chi connectivity index (χ0n) is 3.87. The van der Waals surface area contributed by atoms with Gasteiger partial charge in [0.1, 0.15) is 0 Å². The summed E-state index contributed by atoms with van der Waals surface area (Å²) in [5.74, 6) is 0. The van der Waals surface area contributed by atoms with Crippen LogP contribution in [0.4, 0.5) is 0 Å². The van der Waals surface area contributed by atoms with E-state index in [0.29, 0.717) is 0 Å². The van der Waals surface area contributed by atoms with Crippen LogP contribution >= 0.6 is 17.9 Å². The van der Waals surface area contributed by atoms with Crippen LogP contribution in [0.5, 0.6) is 0 Å². The summed E-state index contributed by atoms with van der Waals surface area (Å²) in [5, 5.41) is 0. The fourth-order valence-corrected chi connectivity index (χ4v) is 0. The van der Waals surface area contributed by atoms with Crippen molar-refractivity contribution in [3.63, 3.8) is 0 Å². The molecule has 0 aromatic carbocycles. The van der Waals surface area contributed by atoms with Gasteiger partial charge < -0.3 is 4.89 Å². The molecular formula is ClLiO4PS. The Hall–Kier alpha value is 0.897. The maximum Gasteiger partial charge on any atom is 0.458 e. The van der Waals surface area contributed by atoms with Crippen LogP contribution in [0.15, 0.2) is 0 Å². The molecule has 0 aliphatic heterocycles. The minimum atomic E-state index is -4.31. The van der Waals surface area contributed by atoms with Gasteiger partial charge in [-0.1, -0.05) is 4.57 Å². The smallest absolute Gasteiger partial charge is 0.458 e. The Morgan fingerprint density at radius 2 is 1.62 bits per heavy atom. The third kappa shape index (κ3) is 5.04. The Labute approximate surface area is 63.4 Å². The summed E-state index contributed by atoms with van der Waals surface area (Å²) in [7, 11) is -3.57. The maximum absolute atomic E-state index is 9.50. The van der Waals surface area contributed by atoms with Crippen molar-refractivity contribution in [2.45, 2.75) is 0 Å². The zero-order chi connectivity index (χ0) is 6.08. The molecule has 0 aliphatic rings. The van der Waals surface area contributed by atoms with E-state index < -0.39 is 15.9 Å². The zero-order valence-corrected chi connectivity index (χ0v) is 6.33. The number of halogens is 1. The van der Waals surface area contributed by atoms with Gasteiger partial charge in [-0.25, -0.2) is 0 Å². The van der Waals surface area contributed by atoms with E-state index in [2.05, 4.69) is 10.7 Å². The molecule has 0 N–H and O–H groups in total. The minimum Gasteiger partial charge on any atom is -0.580 e. The predicted octanol–water partition coefficient (Wildman–Crippen LogP) is -0.808. The van der Waals surface area contributed by atoms with Gasteiger partial charge in [0.05, 0.1) is 10.7 Å². The van der Waals surface area contributed by atoms with E-state index in [-0.39, 0.29) is 18.9 Å². The second kappa shape index (κ2) is 3.84. The Kier molecular flexibility index (Phi) is 5.59. The van der Waals surface area contributed by atoms with Crippen LogP contribution in [0.1, 0.15) is 0 Å². The topological polar surface area (TPSA) is 74.3 Å². The SMILES string of the molecule is O=[P+]([O-])S(=O)(=O)Cl.[Li]. The van der Waals surface area contributed by atoms with Crippen molar-refractivity contribution >= 4 is 45.4 Å². The van der Waals surface area contributed by atoms with Gasteiger partial charge in [-0.2, -0.15) is 8.42 Å². The summed E-state index contributed by atoms with van der Waals surface area (Å²) in [5.41, 5.74) is 0. The van der Waals surface area contributed by atoms with Crippen LogP contribution in [-0.4, -0.2) is 27.3 Å².